The van der Waals surface area contributed by atoms with E-state index in [0.717, 1.165) is 18.4 Å². The number of aryl methyl sites for hydroxylation is 1. The van der Waals surface area contributed by atoms with E-state index < -0.39 is 0 Å². The number of rotatable bonds is 3. The first kappa shape index (κ1) is 12.2. The van der Waals surface area contributed by atoms with Crippen molar-refractivity contribution in [2.24, 2.45) is 11.8 Å². The summed E-state index contributed by atoms with van der Waals surface area (Å²) in [5, 5.41) is 0. The van der Waals surface area contributed by atoms with Crippen LogP contribution in [0, 0.1) is 18.8 Å². The smallest absolute Gasteiger partial charge is 0.203 e. The van der Waals surface area contributed by atoms with E-state index in [2.05, 4.69) is 16.9 Å². The molecule has 0 amide bonds. The van der Waals surface area contributed by atoms with Crippen LogP contribution in [0.3, 0.4) is 0 Å². The molecule has 92 valence electrons. The minimum absolute atomic E-state index is 0.149. The fraction of sp³-hybridized carbons (Fsp3) is 0.643. The molecule has 0 spiro atoms. The third-order valence-corrected chi connectivity index (χ3v) is 3.77. The zero-order valence-corrected chi connectivity index (χ0v) is 10.6. The van der Waals surface area contributed by atoms with Crippen LogP contribution in [0.1, 0.15) is 55.2 Å². The Balaban J connectivity index is 2.15. The Labute approximate surface area is 103 Å². The van der Waals surface area contributed by atoms with Gasteiger partial charge in [0.2, 0.25) is 5.78 Å². The SMILES string of the molecule is CCC1CCCCC1C(=O)c1ncc(C)cn1. The summed E-state index contributed by atoms with van der Waals surface area (Å²) in [6, 6.07) is 0. The molecule has 1 aromatic heterocycles. The number of hydrogen-bond acceptors (Lipinski definition) is 3. The van der Waals surface area contributed by atoms with Crippen LogP contribution in [-0.2, 0) is 0 Å². The highest BCUT2D eigenvalue weighted by Crippen LogP contribution is 2.33. The van der Waals surface area contributed by atoms with Crippen LogP contribution in [0.25, 0.3) is 0 Å². The zero-order valence-electron chi connectivity index (χ0n) is 10.6. The maximum absolute atomic E-state index is 12.4. The molecular formula is C14H20N2O. The number of carbonyl (C=O) groups is 1. The van der Waals surface area contributed by atoms with Crippen LogP contribution < -0.4 is 0 Å². The van der Waals surface area contributed by atoms with Crippen LogP contribution in [0.2, 0.25) is 0 Å². The van der Waals surface area contributed by atoms with Crippen molar-refractivity contribution in [3.8, 4) is 0 Å². The molecule has 3 nitrogen and oxygen atoms in total. The summed E-state index contributed by atoms with van der Waals surface area (Å²) >= 11 is 0. The van der Waals surface area contributed by atoms with Crippen molar-refractivity contribution in [3.63, 3.8) is 0 Å². The lowest BCUT2D eigenvalue weighted by molar-refractivity contribution is 0.0809. The van der Waals surface area contributed by atoms with Gasteiger partial charge in [0.05, 0.1) is 0 Å². The van der Waals surface area contributed by atoms with Crippen LogP contribution in [0.5, 0.6) is 0 Å². The minimum atomic E-state index is 0.149. The lowest BCUT2D eigenvalue weighted by atomic mass is 9.75. The quantitative estimate of drug-likeness (QED) is 0.752. The van der Waals surface area contributed by atoms with E-state index in [1.54, 1.807) is 12.4 Å². The second kappa shape index (κ2) is 5.39. The Kier molecular flexibility index (Phi) is 3.87. The molecule has 2 rings (SSSR count). The summed E-state index contributed by atoms with van der Waals surface area (Å²) in [5.41, 5.74) is 0.997. The van der Waals surface area contributed by atoms with Gasteiger partial charge in [-0.1, -0.05) is 26.2 Å². The predicted molar refractivity (Wildman–Crippen MR) is 66.8 cm³/mol. The largest absolute Gasteiger partial charge is 0.290 e. The average molecular weight is 232 g/mol. The molecule has 17 heavy (non-hydrogen) atoms. The zero-order chi connectivity index (χ0) is 12.3. The standard InChI is InChI=1S/C14H20N2O/c1-3-11-6-4-5-7-12(11)13(17)14-15-8-10(2)9-16-14/h8-9,11-12H,3-7H2,1-2H3. The molecule has 1 saturated carbocycles. The van der Waals surface area contributed by atoms with E-state index in [4.69, 9.17) is 0 Å². The van der Waals surface area contributed by atoms with Gasteiger partial charge < -0.3 is 0 Å². The fourth-order valence-corrected chi connectivity index (χ4v) is 2.73. The number of nitrogens with zero attached hydrogens (tertiary/aromatic N) is 2. The second-order valence-electron chi connectivity index (χ2n) is 5.01. The number of hydrogen-bond donors (Lipinski definition) is 0. The Morgan fingerprint density at radius 1 is 1.29 bits per heavy atom. The van der Waals surface area contributed by atoms with Crippen molar-refractivity contribution < 1.29 is 4.79 Å². The topological polar surface area (TPSA) is 42.9 Å². The van der Waals surface area contributed by atoms with Crippen molar-refractivity contribution in [3.05, 3.63) is 23.8 Å². The van der Waals surface area contributed by atoms with E-state index in [1.807, 2.05) is 6.92 Å². The number of carbonyl (C=O) groups excluding carboxylic acids is 1. The highest BCUT2D eigenvalue weighted by Gasteiger charge is 2.31. The normalized spacial score (nSPS) is 24.6. The van der Waals surface area contributed by atoms with Gasteiger partial charge in [-0.15, -0.1) is 0 Å². The highest BCUT2D eigenvalue weighted by atomic mass is 16.1. The van der Waals surface area contributed by atoms with E-state index in [9.17, 15) is 4.79 Å². The molecule has 2 atom stereocenters. The molecule has 1 aromatic rings. The predicted octanol–water partition coefficient (Wildman–Crippen LogP) is 3.18. The monoisotopic (exact) mass is 232 g/mol. The summed E-state index contributed by atoms with van der Waals surface area (Å²) in [4.78, 5) is 20.7. The molecule has 1 aliphatic rings. The van der Waals surface area contributed by atoms with Crippen molar-refractivity contribution >= 4 is 5.78 Å². The molecule has 0 bridgehead atoms. The number of ketones is 1. The van der Waals surface area contributed by atoms with Crippen molar-refractivity contribution in [1.82, 2.24) is 9.97 Å². The van der Waals surface area contributed by atoms with Gasteiger partial charge in [-0.25, -0.2) is 9.97 Å². The van der Waals surface area contributed by atoms with Gasteiger partial charge in [0.25, 0.3) is 0 Å². The van der Waals surface area contributed by atoms with E-state index in [-0.39, 0.29) is 11.7 Å². The van der Waals surface area contributed by atoms with E-state index in [0.29, 0.717) is 11.7 Å². The highest BCUT2D eigenvalue weighted by molar-refractivity contribution is 5.94. The van der Waals surface area contributed by atoms with Crippen LogP contribution in [0.15, 0.2) is 12.4 Å². The molecule has 0 N–H and O–H groups in total. The van der Waals surface area contributed by atoms with Gasteiger partial charge >= 0.3 is 0 Å². The molecule has 1 aliphatic carbocycles. The Morgan fingerprint density at radius 2 is 1.94 bits per heavy atom. The van der Waals surface area contributed by atoms with Crippen molar-refractivity contribution in [1.29, 1.82) is 0 Å². The molecule has 3 heteroatoms. The van der Waals surface area contributed by atoms with Gasteiger partial charge in [-0.2, -0.15) is 0 Å². The molecular weight excluding hydrogens is 212 g/mol. The minimum Gasteiger partial charge on any atom is -0.290 e. The van der Waals surface area contributed by atoms with E-state index >= 15 is 0 Å². The first-order valence-electron chi connectivity index (χ1n) is 6.55. The van der Waals surface area contributed by atoms with Crippen molar-refractivity contribution in [2.75, 3.05) is 0 Å². The lowest BCUT2D eigenvalue weighted by Gasteiger charge is -2.29. The maximum atomic E-state index is 12.4. The summed E-state index contributed by atoms with van der Waals surface area (Å²) in [7, 11) is 0. The molecule has 1 fully saturated rings. The Morgan fingerprint density at radius 3 is 2.59 bits per heavy atom. The summed E-state index contributed by atoms with van der Waals surface area (Å²) in [6.45, 7) is 4.11. The van der Waals surface area contributed by atoms with Crippen LogP contribution >= 0.6 is 0 Å². The Hall–Kier alpha value is -1.25. The first-order chi connectivity index (χ1) is 8.22. The van der Waals surface area contributed by atoms with Gasteiger partial charge in [0.1, 0.15) is 0 Å². The first-order valence-corrected chi connectivity index (χ1v) is 6.55. The molecule has 0 aromatic carbocycles. The molecule has 2 unspecified atom stereocenters. The van der Waals surface area contributed by atoms with Crippen LogP contribution in [-0.4, -0.2) is 15.8 Å². The van der Waals surface area contributed by atoms with E-state index in [1.165, 1.54) is 19.3 Å². The maximum Gasteiger partial charge on any atom is 0.203 e. The third-order valence-electron chi connectivity index (χ3n) is 3.77. The molecule has 0 saturated heterocycles. The average Bonchev–Trinajstić information content (AvgIpc) is 2.39. The van der Waals surface area contributed by atoms with Gasteiger partial charge in [-0.3, -0.25) is 4.79 Å². The molecule has 0 radical (unpaired) electrons. The van der Waals surface area contributed by atoms with Gasteiger partial charge in [-0.05, 0) is 31.2 Å². The lowest BCUT2D eigenvalue weighted by Crippen LogP contribution is -2.28. The second-order valence-corrected chi connectivity index (χ2v) is 5.01. The summed E-state index contributed by atoms with van der Waals surface area (Å²) in [6.07, 6.45) is 9.15. The third kappa shape index (κ3) is 2.71. The van der Waals surface area contributed by atoms with Gasteiger partial charge in [0.15, 0.2) is 5.82 Å². The molecule has 1 heterocycles. The van der Waals surface area contributed by atoms with Gasteiger partial charge in [0, 0.05) is 18.3 Å². The summed E-state index contributed by atoms with van der Waals surface area (Å²) in [5.74, 6) is 1.23. The fourth-order valence-electron chi connectivity index (χ4n) is 2.73. The number of Topliss-reactive ketones (excluding diaryl/α,β-unsaturated/α-hetero) is 1. The Bertz CT molecular complexity index is 386. The summed E-state index contributed by atoms with van der Waals surface area (Å²) < 4.78 is 0. The van der Waals surface area contributed by atoms with Crippen LogP contribution in [0.4, 0.5) is 0 Å². The number of aromatic nitrogens is 2. The van der Waals surface area contributed by atoms with Crippen molar-refractivity contribution in [2.45, 2.75) is 46.0 Å². The molecule has 0 aliphatic heterocycles.